The van der Waals surface area contributed by atoms with E-state index in [1.165, 1.54) is 4.90 Å². The van der Waals surface area contributed by atoms with Crippen molar-refractivity contribution >= 4 is 17.5 Å². The van der Waals surface area contributed by atoms with E-state index >= 15 is 0 Å². The van der Waals surface area contributed by atoms with Gasteiger partial charge in [-0.3, -0.25) is 14.5 Å². The van der Waals surface area contributed by atoms with E-state index < -0.39 is 5.92 Å². The largest absolute Gasteiger partial charge is 0.274 e. The molecule has 0 saturated carbocycles. The van der Waals surface area contributed by atoms with Gasteiger partial charge in [0.05, 0.1) is 17.7 Å². The van der Waals surface area contributed by atoms with Crippen LogP contribution in [0.25, 0.3) is 0 Å². The van der Waals surface area contributed by atoms with Crippen LogP contribution in [0.5, 0.6) is 0 Å². The first kappa shape index (κ1) is 15.7. The Morgan fingerprint density at radius 2 is 2.09 bits per heavy atom. The van der Waals surface area contributed by atoms with Gasteiger partial charge in [0.1, 0.15) is 0 Å². The predicted molar refractivity (Wildman–Crippen MR) is 84.8 cm³/mol. The molecule has 1 atom stereocenters. The molecule has 1 fully saturated rings. The maximum Gasteiger partial charge on any atom is 0.237 e. The van der Waals surface area contributed by atoms with Gasteiger partial charge in [-0.05, 0) is 31.1 Å². The Hall–Kier alpha value is -2.67. The minimum Gasteiger partial charge on any atom is -0.274 e. The van der Waals surface area contributed by atoms with E-state index in [0.29, 0.717) is 29.7 Å². The molecule has 4 heteroatoms. The summed E-state index contributed by atoms with van der Waals surface area (Å²) >= 11 is 0. The molecule has 2 rings (SSSR count). The van der Waals surface area contributed by atoms with Gasteiger partial charge in [0, 0.05) is 12.0 Å². The van der Waals surface area contributed by atoms with Crippen LogP contribution in [-0.4, -0.2) is 11.8 Å². The summed E-state index contributed by atoms with van der Waals surface area (Å²) in [4.78, 5) is 25.8. The molecule has 4 nitrogen and oxygen atoms in total. The molecular weight excluding hydrogens is 276 g/mol. The fraction of sp³-hybridized carbons (Fsp3) is 0.278. The summed E-state index contributed by atoms with van der Waals surface area (Å²) in [5.41, 5.74) is 1.94. The molecule has 0 N–H and O–H groups in total. The Balaban J connectivity index is 2.11. The third kappa shape index (κ3) is 3.32. The van der Waals surface area contributed by atoms with Crippen LogP contribution in [0.2, 0.25) is 0 Å². The van der Waals surface area contributed by atoms with Crippen molar-refractivity contribution in [2.45, 2.75) is 26.2 Å². The topological polar surface area (TPSA) is 61.2 Å². The maximum absolute atomic E-state index is 12.5. The molecular formula is C18H18N2O2. The van der Waals surface area contributed by atoms with Crippen LogP contribution in [0.3, 0.4) is 0 Å². The summed E-state index contributed by atoms with van der Waals surface area (Å²) in [6.45, 7) is 5.79. The molecule has 2 amide bonds. The van der Waals surface area contributed by atoms with Crippen molar-refractivity contribution in [2.75, 3.05) is 4.90 Å². The molecule has 0 spiro atoms. The van der Waals surface area contributed by atoms with Crippen molar-refractivity contribution in [1.29, 1.82) is 5.26 Å². The van der Waals surface area contributed by atoms with Crippen LogP contribution >= 0.6 is 0 Å². The zero-order chi connectivity index (χ0) is 16.1. The van der Waals surface area contributed by atoms with Crippen LogP contribution in [0.1, 0.15) is 26.2 Å². The molecule has 1 saturated heterocycles. The first-order valence-corrected chi connectivity index (χ1v) is 7.27. The third-order valence-electron chi connectivity index (χ3n) is 3.67. The van der Waals surface area contributed by atoms with Crippen molar-refractivity contribution in [1.82, 2.24) is 0 Å². The summed E-state index contributed by atoms with van der Waals surface area (Å²) in [6, 6.07) is 11.0. The number of carbonyl (C=O) groups excluding carboxylic acids is 2. The Bertz CT molecular complexity index is 668. The molecule has 1 aromatic carbocycles. The summed E-state index contributed by atoms with van der Waals surface area (Å²) in [5.74, 6) is -0.775. The van der Waals surface area contributed by atoms with Gasteiger partial charge in [-0.2, -0.15) is 5.26 Å². The van der Waals surface area contributed by atoms with Gasteiger partial charge in [-0.15, -0.1) is 0 Å². The second-order valence-corrected chi connectivity index (χ2v) is 5.30. The van der Waals surface area contributed by atoms with E-state index in [1.54, 1.807) is 30.3 Å². The van der Waals surface area contributed by atoms with Crippen molar-refractivity contribution in [3.8, 4) is 6.07 Å². The van der Waals surface area contributed by atoms with Gasteiger partial charge >= 0.3 is 0 Å². The van der Waals surface area contributed by atoms with Crippen LogP contribution in [0, 0.1) is 17.2 Å². The number of allylic oxidation sites excluding steroid dienone is 3. The summed E-state index contributed by atoms with van der Waals surface area (Å²) in [6.07, 6.45) is 2.93. The fourth-order valence-electron chi connectivity index (χ4n) is 2.54. The molecule has 1 aliphatic rings. The monoisotopic (exact) mass is 294 g/mol. The summed E-state index contributed by atoms with van der Waals surface area (Å²) < 4.78 is 0. The standard InChI is InChI=1S/C18H18N2O2/c1-3-14(12-19)9-13(2)10-15-11-17(21)20(18(15)22)16-7-5-4-6-8-16/h4-9,15H,2-3,10-11H2,1H3/b14-9+. The second kappa shape index (κ2) is 6.86. The van der Waals surface area contributed by atoms with E-state index in [1.807, 2.05) is 13.0 Å². The van der Waals surface area contributed by atoms with E-state index in [0.717, 1.165) is 0 Å². The van der Waals surface area contributed by atoms with E-state index in [4.69, 9.17) is 5.26 Å². The lowest BCUT2D eigenvalue weighted by Gasteiger charge is -2.15. The summed E-state index contributed by atoms with van der Waals surface area (Å²) in [7, 11) is 0. The average molecular weight is 294 g/mol. The Morgan fingerprint density at radius 3 is 2.68 bits per heavy atom. The fourth-order valence-corrected chi connectivity index (χ4v) is 2.54. The molecule has 22 heavy (non-hydrogen) atoms. The molecule has 1 heterocycles. The molecule has 1 aromatic rings. The normalized spacial score (nSPS) is 18.5. The SMILES string of the molecule is C=C(/C=C(/C#N)CC)CC1CC(=O)N(c2ccccc2)C1=O. The van der Waals surface area contributed by atoms with Gasteiger partial charge in [0.25, 0.3) is 0 Å². The number of nitrogens with zero attached hydrogens (tertiary/aromatic N) is 2. The third-order valence-corrected chi connectivity index (χ3v) is 3.67. The van der Waals surface area contributed by atoms with Crippen molar-refractivity contribution < 1.29 is 9.59 Å². The van der Waals surface area contributed by atoms with Gasteiger partial charge in [0.15, 0.2) is 0 Å². The smallest absolute Gasteiger partial charge is 0.237 e. The van der Waals surface area contributed by atoms with Crippen LogP contribution in [0.4, 0.5) is 5.69 Å². The highest BCUT2D eigenvalue weighted by atomic mass is 16.2. The Morgan fingerprint density at radius 1 is 1.41 bits per heavy atom. The lowest BCUT2D eigenvalue weighted by atomic mass is 9.97. The van der Waals surface area contributed by atoms with Gasteiger partial charge in [-0.1, -0.05) is 37.3 Å². The van der Waals surface area contributed by atoms with Crippen molar-refractivity contribution in [3.05, 3.63) is 54.1 Å². The van der Waals surface area contributed by atoms with Gasteiger partial charge in [-0.25, -0.2) is 0 Å². The molecule has 112 valence electrons. The van der Waals surface area contributed by atoms with Gasteiger partial charge in [0.2, 0.25) is 11.8 Å². The number of amides is 2. The molecule has 0 aliphatic carbocycles. The summed E-state index contributed by atoms with van der Waals surface area (Å²) in [5, 5.41) is 8.93. The quantitative estimate of drug-likeness (QED) is 0.475. The highest BCUT2D eigenvalue weighted by molar-refractivity contribution is 6.20. The number of imide groups is 1. The molecule has 0 radical (unpaired) electrons. The highest BCUT2D eigenvalue weighted by Crippen LogP contribution is 2.30. The predicted octanol–water partition coefficient (Wildman–Crippen LogP) is 3.37. The number of anilines is 1. The molecule has 1 unspecified atom stereocenters. The Labute approximate surface area is 130 Å². The molecule has 0 bridgehead atoms. The van der Waals surface area contributed by atoms with Crippen LogP contribution < -0.4 is 4.90 Å². The maximum atomic E-state index is 12.5. The van der Waals surface area contributed by atoms with E-state index in [2.05, 4.69) is 12.6 Å². The lowest BCUT2D eigenvalue weighted by Crippen LogP contribution is -2.30. The number of hydrogen-bond acceptors (Lipinski definition) is 3. The van der Waals surface area contributed by atoms with Crippen LogP contribution in [0.15, 0.2) is 54.1 Å². The minimum absolute atomic E-state index is 0.186. The minimum atomic E-state index is -0.395. The zero-order valence-corrected chi connectivity index (χ0v) is 12.6. The number of para-hydroxylation sites is 1. The molecule has 1 aliphatic heterocycles. The number of hydrogen-bond donors (Lipinski definition) is 0. The van der Waals surface area contributed by atoms with E-state index in [9.17, 15) is 9.59 Å². The number of rotatable bonds is 5. The molecule has 0 aromatic heterocycles. The van der Waals surface area contributed by atoms with Crippen molar-refractivity contribution in [2.24, 2.45) is 5.92 Å². The Kier molecular flexibility index (Phi) is 4.90. The zero-order valence-electron chi connectivity index (χ0n) is 12.6. The first-order valence-electron chi connectivity index (χ1n) is 7.27. The van der Waals surface area contributed by atoms with Crippen molar-refractivity contribution in [3.63, 3.8) is 0 Å². The number of nitriles is 1. The van der Waals surface area contributed by atoms with Gasteiger partial charge < -0.3 is 0 Å². The number of benzene rings is 1. The highest BCUT2D eigenvalue weighted by Gasteiger charge is 2.39. The average Bonchev–Trinajstić information content (AvgIpc) is 2.79. The second-order valence-electron chi connectivity index (χ2n) is 5.30. The first-order chi connectivity index (χ1) is 10.6. The van der Waals surface area contributed by atoms with E-state index in [-0.39, 0.29) is 18.2 Å². The lowest BCUT2D eigenvalue weighted by molar-refractivity contribution is -0.122. The van der Waals surface area contributed by atoms with Crippen LogP contribution in [-0.2, 0) is 9.59 Å². The number of carbonyl (C=O) groups is 2.